The van der Waals surface area contributed by atoms with Crippen molar-refractivity contribution in [2.24, 2.45) is 5.92 Å². The van der Waals surface area contributed by atoms with E-state index in [1.165, 1.54) is 23.0 Å². The van der Waals surface area contributed by atoms with E-state index < -0.39 is 47.9 Å². The van der Waals surface area contributed by atoms with Gasteiger partial charge in [-0.15, -0.1) is 13.2 Å². The van der Waals surface area contributed by atoms with Crippen molar-refractivity contribution in [2.45, 2.75) is 77.4 Å². The molecule has 10 nitrogen and oxygen atoms in total. The molecule has 2 aromatic carbocycles. The molecular weight excluding hydrogens is 580 g/mol. The number of anilines is 1. The number of hydrogen-bond acceptors (Lipinski definition) is 8. The number of halogens is 3. The predicted molar refractivity (Wildman–Crippen MR) is 157 cm³/mol. The van der Waals surface area contributed by atoms with Crippen LogP contribution >= 0.6 is 0 Å². The monoisotopic (exact) mass is 614 g/mol. The van der Waals surface area contributed by atoms with Crippen molar-refractivity contribution in [3.63, 3.8) is 0 Å². The molecule has 1 aromatic heterocycles. The highest BCUT2D eigenvalue weighted by Gasteiger charge is 2.52. The Morgan fingerprint density at radius 2 is 1.75 bits per heavy atom. The van der Waals surface area contributed by atoms with Gasteiger partial charge < -0.3 is 24.1 Å². The Morgan fingerprint density at radius 1 is 1.09 bits per heavy atom. The smallest absolute Gasteiger partial charge is 0.404 e. The molecule has 4 fully saturated rings. The number of ether oxygens (including phenoxy) is 2. The van der Waals surface area contributed by atoms with E-state index in [0.29, 0.717) is 30.0 Å². The van der Waals surface area contributed by atoms with Crippen LogP contribution in [0.4, 0.5) is 18.9 Å². The lowest BCUT2D eigenvalue weighted by molar-refractivity contribution is -0.274. The summed E-state index contributed by atoms with van der Waals surface area (Å²) in [4.78, 5) is 33.1. The van der Waals surface area contributed by atoms with Crippen LogP contribution in [-0.4, -0.2) is 76.4 Å². The van der Waals surface area contributed by atoms with E-state index in [0.717, 1.165) is 6.07 Å². The zero-order valence-corrected chi connectivity index (χ0v) is 25.3. The number of rotatable bonds is 6. The number of amides is 1. The Balaban J connectivity index is 1.28. The van der Waals surface area contributed by atoms with Gasteiger partial charge in [-0.3, -0.25) is 19.1 Å². The Bertz CT molecular complexity index is 1650. The molecule has 3 atom stereocenters. The number of carbonyl (C=O) groups is 1. The summed E-state index contributed by atoms with van der Waals surface area (Å²) in [6.45, 7) is 12.7. The summed E-state index contributed by atoms with van der Waals surface area (Å²) in [7, 11) is -0.644. The molecule has 5 heterocycles. The molecule has 7 rings (SSSR count). The minimum absolute atomic E-state index is 0.0247. The van der Waals surface area contributed by atoms with Gasteiger partial charge in [-0.1, -0.05) is 13.0 Å². The molecule has 14 heteroatoms. The van der Waals surface area contributed by atoms with Crippen molar-refractivity contribution in [2.75, 3.05) is 18.4 Å². The molecule has 234 valence electrons. The van der Waals surface area contributed by atoms with Crippen LogP contribution in [0.1, 0.15) is 41.5 Å². The third-order valence-electron chi connectivity index (χ3n) is 9.31. The number of fused-ring (bicyclic) bond motifs is 3. The van der Waals surface area contributed by atoms with Gasteiger partial charge in [0.15, 0.2) is 5.75 Å². The molecule has 1 amide bonds. The molecule has 4 aliphatic rings. The average molecular weight is 614 g/mol. The second-order valence-corrected chi connectivity index (χ2v) is 12.7. The van der Waals surface area contributed by atoms with E-state index in [1.54, 1.807) is 25.1 Å². The maximum atomic E-state index is 13.5. The fourth-order valence-corrected chi connectivity index (χ4v) is 5.72. The third-order valence-corrected chi connectivity index (χ3v) is 9.31. The molecule has 3 unspecified atom stereocenters. The van der Waals surface area contributed by atoms with Crippen LogP contribution in [0.15, 0.2) is 47.5 Å². The van der Waals surface area contributed by atoms with Crippen molar-refractivity contribution in [3.05, 3.63) is 53.1 Å². The Morgan fingerprint density at radius 3 is 2.36 bits per heavy atom. The highest BCUT2D eigenvalue weighted by Crippen LogP contribution is 2.37. The number of piperidine rings is 1. The molecule has 3 aromatic rings. The van der Waals surface area contributed by atoms with Gasteiger partial charge in [0.05, 0.1) is 51.7 Å². The third kappa shape index (κ3) is 5.48. The number of aromatic nitrogens is 2. The van der Waals surface area contributed by atoms with Crippen LogP contribution in [0.5, 0.6) is 5.75 Å². The van der Waals surface area contributed by atoms with Crippen LogP contribution in [0.3, 0.4) is 0 Å². The molecule has 4 saturated heterocycles. The molecular formula is C30H34BF3N4O6. The van der Waals surface area contributed by atoms with E-state index in [4.69, 9.17) is 14.0 Å². The standard InChI is InChI=1S/C30H34BF3N4O6/c1-16-24-13-37(14-25(16)41-24)17(2)26(39)36-22-12-19(8-10-23(22)42-30(32,33)34)38-15-35-21-11-18(7-9-20(21)27(38)40)31-43-28(3,4)29(5,6)44-31/h7-12,15-17,24-25H,13-14H2,1-6H3,(H,36,39). The highest BCUT2D eigenvalue weighted by atomic mass is 19.4. The second kappa shape index (κ2) is 10.6. The maximum Gasteiger partial charge on any atom is 0.573 e. The van der Waals surface area contributed by atoms with Crippen molar-refractivity contribution >= 4 is 35.1 Å². The summed E-state index contributed by atoms with van der Waals surface area (Å²) in [6, 6.07) is 8.03. The lowest BCUT2D eigenvalue weighted by Crippen LogP contribution is -2.65. The zero-order valence-electron chi connectivity index (χ0n) is 25.3. The summed E-state index contributed by atoms with van der Waals surface area (Å²) in [6.07, 6.45) is -3.66. The average Bonchev–Trinajstić information content (AvgIpc) is 3.18. The first-order valence-corrected chi connectivity index (χ1v) is 14.5. The first-order valence-electron chi connectivity index (χ1n) is 14.5. The molecule has 0 aliphatic carbocycles. The Hall–Kier alpha value is -3.46. The van der Waals surface area contributed by atoms with E-state index >= 15 is 0 Å². The van der Waals surface area contributed by atoms with Gasteiger partial charge in [-0.2, -0.15) is 0 Å². The summed E-state index contributed by atoms with van der Waals surface area (Å²) in [5.41, 5.74) is -0.483. The zero-order chi connectivity index (χ0) is 31.8. The van der Waals surface area contributed by atoms with Gasteiger partial charge in [0.2, 0.25) is 5.91 Å². The Kier molecular flexibility index (Phi) is 7.34. The summed E-state index contributed by atoms with van der Waals surface area (Å²) >= 11 is 0. The lowest BCUT2D eigenvalue weighted by Gasteiger charge is -2.53. The molecule has 0 spiro atoms. The van der Waals surface area contributed by atoms with Gasteiger partial charge in [0, 0.05) is 19.0 Å². The minimum Gasteiger partial charge on any atom is -0.404 e. The first-order chi connectivity index (χ1) is 20.5. The summed E-state index contributed by atoms with van der Waals surface area (Å²) < 4.78 is 63.1. The molecule has 1 N–H and O–H groups in total. The number of alkyl halides is 3. The molecule has 0 saturated carbocycles. The fourth-order valence-electron chi connectivity index (χ4n) is 5.72. The number of benzene rings is 2. The number of nitrogens with one attached hydrogen (secondary N) is 1. The van der Waals surface area contributed by atoms with Gasteiger partial charge in [0.25, 0.3) is 5.56 Å². The summed E-state index contributed by atoms with van der Waals surface area (Å²) in [5.74, 6) is -0.717. The fraction of sp³-hybridized carbons (Fsp3) is 0.500. The number of nitrogens with zero attached hydrogens (tertiary/aromatic N) is 3. The van der Waals surface area contributed by atoms with Crippen molar-refractivity contribution in [1.29, 1.82) is 0 Å². The van der Waals surface area contributed by atoms with E-state index in [1.807, 2.05) is 32.6 Å². The number of morpholine rings is 1. The summed E-state index contributed by atoms with van der Waals surface area (Å²) in [5, 5.41) is 2.86. The number of carbonyl (C=O) groups excluding carboxylic acids is 1. The quantitative estimate of drug-likeness (QED) is 0.420. The van der Waals surface area contributed by atoms with Gasteiger partial charge >= 0.3 is 13.5 Å². The Labute approximate surface area is 252 Å². The van der Waals surface area contributed by atoms with Gasteiger partial charge in [-0.25, -0.2) is 4.98 Å². The van der Waals surface area contributed by atoms with Gasteiger partial charge in [0.1, 0.15) is 6.33 Å². The minimum atomic E-state index is -5.00. The molecule has 0 radical (unpaired) electrons. The normalized spacial score (nSPS) is 25.0. The van der Waals surface area contributed by atoms with Crippen molar-refractivity contribution in [1.82, 2.24) is 14.5 Å². The lowest BCUT2D eigenvalue weighted by atomic mass is 9.79. The van der Waals surface area contributed by atoms with Crippen molar-refractivity contribution in [3.8, 4) is 11.4 Å². The van der Waals surface area contributed by atoms with Crippen LogP contribution in [0.25, 0.3) is 16.6 Å². The maximum absolute atomic E-state index is 13.5. The second-order valence-electron chi connectivity index (χ2n) is 12.7. The topological polar surface area (TPSA) is 104 Å². The molecule has 2 bridgehead atoms. The molecule has 44 heavy (non-hydrogen) atoms. The van der Waals surface area contributed by atoms with E-state index in [9.17, 15) is 22.8 Å². The van der Waals surface area contributed by atoms with Crippen LogP contribution < -0.4 is 21.1 Å². The van der Waals surface area contributed by atoms with Crippen LogP contribution in [-0.2, 0) is 18.8 Å². The predicted octanol–water partition coefficient (Wildman–Crippen LogP) is 3.63. The highest BCUT2D eigenvalue weighted by molar-refractivity contribution is 6.62. The van der Waals surface area contributed by atoms with E-state index in [2.05, 4.69) is 22.0 Å². The van der Waals surface area contributed by atoms with E-state index in [-0.39, 0.29) is 29.0 Å². The van der Waals surface area contributed by atoms with Gasteiger partial charge in [-0.05, 0) is 70.4 Å². The van der Waals surface area contributed by atoms with Crippen LogP contribution in [0, 0.1) is 5.92 Å². The molecule has 4 aliphatic heterocycles. The van der Waals surface area contributed by atoms with Crippen LogP contribution in [0.2, 0.25) is 0 Å². The SMILES string of the molecule is CC1C2CN(C(C)C(=O)Nc3cc(-n4cnc5cc(B6OC(C)(C)C(C)(C)O6)ccc5c4=O)ccc3OC(F)(F)F)CC1O2. The number of hydrogen-bond donors (Lipinski definition) is 1. The first kappa shape index (κ1) is 30.6. The largest absolute Gasteiger partial charge is 0.573 e. The van der Waals surface area contributed by atoms with Crippen molar-refractivity contribution < 1.29 is 36.7 Å².